The Morgan fingerprint density at radius 2 is 2.38 bits per heavy atom. The first kappa shape index (κ1) is 9.53. The highest BCUT2D eigenvalue weighted by atomic mass is 15.2. The van der Waals surface area contributed by atoms with E-state index < -0.39 is 0 Å². The molecule has 6 heteroatoms. The predicted octanol–water partition coefficient (Wildman–Crippen LogP) is -1.08. The van der Waals surface area contributed by atoms with Gasteiger partial charge in [0.05, 0.1) is 0 Å². The highest BCUT2D eigenvalue weighted by Gasteiger charge is 2.08. The van der Waals surface area contributed by atoms with Gasteiger partial charge in [-0.15, -0.1) is 0 Å². The third-order valence-corrected chi connectivity index (χ3v) is 1.69. The number of hydrogen-bond donors (Lipinski definition) is 3. The second-order valence-corrected chi connectivity index (χ2v) is 2.65. The number of aryl methyl sites for hydroxylation is 1. The van der Waals surface area contributed by atoms with Gasteiger partial charge in [-0.25, -0.2) is 9.98 Å². The molecule has 0 aliphatic carbocycles. The average molecular weight is 182 g/mol. The minimum absolute atomic E-state index is 0.0311. The summed E-state index contributed by atoms with van der Waals surface area (Å²) in [5, 5.41) is 0. The summed E-state index contributed by atoms with van der Waals surface area (Å²) in [6.07, 6.45) is 3.21. The Kier molecular flexibility index (Phi) is 2.86. The molecule has 0 bridgehead atoms. The lowest BCUT2D eigenvalue weighted by atomic mass is 10.4. The first-order chi connectivity index (χ1) is 6.15. The molecular weight excluding hydrogens is 168 g/mol. The van der Waals surface area contributed by atoms with Gasteiger partial charge in [0.25, 0.3) is 0 Å². The molecule has 1 aromatic heterocycles. The van der Waals surface area contributed by atoms with Crippen molar-refractivity contribution in [2.45, 2.75) is 13.1 Å². The van der Waals surface area contributed by atoms with Crippen molar-refractivity contribution in [2.75, 3.05) is 6.54 Å². The summed E-state index contributed by atoms with van der Waals surface area (Å²) in [5.41, 5.74) is 16.0. The van der Waals surface area contributed by atoms with Crippen LogP contribution in [0.15, 0.2) is 17.4 Å². The third-order valence-electron chi connectivity index (χ3n) is 1.69. The number of nitrogens with two attached hydrogens (primary N) is 3. The van der Waals surface area contributed by atoms with Crippen molar-refractivity contribution in [3.63, 3.8) is 0 Å². The second-order valence-electron chi connectivity index (χ2n) is 2.65. The zero-order valence-electron chi connectivity index (χ0n) is 7.51. The lowest BCUT2D eigenvalue weighted by Crippen LogP contribution is -2.27. The molecule has 1 unspecified atom stereocenters. The summed E-state index contributed by atoms with van der Waals surface area (Å²) in [5.74, 6) is 0.865. The van der Waals surface area contributed by atoms with Gasteiger partial charge in [-0.1, -0.05) is 0 Å². The Bertz CT molecular complexity index is 298. The van der Waals surface area contributed by atoms with E-state index in [0.29, 0.717) is 6.54 Å². The van der Waals surface area contributed by atoms with Crippen LogP contribution in [0.25, 0.3) is 0 Å². The molecule has 1 atom stereocenters. The molecule has 0 fully saturated rings. The SMILES string of the molecule is Cc1nccn1C(CN)N=C(N)N. The van der Waals surface area contributed by atoms with Crippen LogP contribution in [0.1, 0.15) is 12.0 Å². The van der Waals surface area contributed by atoms with Crippen LogP contribution in [0.3, 0.4) is 0 Å². The molecule has 0 amide bonds. The number of rotatable bonds is 3. The fraction of sp³-hybridized carbons (Fsp3) is 0.429. The lowest BCUT2D eigenvalue weighted by Gasteiger charge is -2.13. The minimum Gasteiger partial charge on any atom is -0.370 e. The molecule has 13 heavy (non-hydrogen) atoms. The number of hydrogen-bond acceptors (Lipinski definition) is 3. The minimum atomic E-state index is -0.257. The van der Waals surface area contributed by atoms with E-state index in [2.05, 4.69) is 9.98 Å². The zero-order valence-corrected chi connectivity index (χ0v) is 7.51. The quantitative estimate of drug-likeness (QED) is 0.408. The van der Waals surface area contributed by atoms with Crippen LogP contribution in [0, 0.1) is 6.92 Å². The van der Waals surface area contributed by atoms with Crippen LogP contribution in [0.4, 0.5) is 0 Å². The molecule has 0 saturated heterocycles. The van der Waals surface area contributed by atoms with Gasteiger partial charge in [0.2, 0.25) is 0 Å². The summed E-state index contributed by atoms with van der Waals surface area (Å²) in [6.45, 7) is 2.21. The van der Waals surface area contributed by atoms with Crippen molar-refractivity contribution in [2.24, 2.45) is 22.2 Å². The van der Waals surface area contributed by atoms with Crippen LogP contribution in [0.5, 0.6) is 0 Å². The number of aromatic nitrogens is 2. The van der Waals surface area contributed by atoms with Crippen molar-refractivity contribution in [1.29, 1.82) is 0 Å². The van der Waals surface area contributed by atoms with E-state index in [1.807, 2.05) is 11.5 Å². The number of guanidine groups is 1. The van der Waals surface area contributed by atoms with Gasteiger partial charge >= 0.3 is 0 Å². The summed E-state index contributed by atoms with van der Waals surface area (Å²) in [6, 6.07) is 0. The van der Waals surface area contributed by atoms with Gasteiger partial charge in [0.15, 0.2) is 5.96 Å². The van der Waals surface area contributed by atoms with Crippen LogP contribution in [-0.2, 0) is 0 Å². The molecule has 0 aromatic carbocycles. The van der Waals surface area contributed by atoms with Crippen molar-refractivity contribution < 1.29 is 0 Å². The highest BCUT2D eigenvalue weighted by Crippen LogP contribution is 2.08. The van der Waals surface area contributed by atoms with E-state index in [0.717, 1.165) is 5.82 Å². The molecule has 0 radical (unpaired) electrons. The van der Waals surface area contributed by atoms with Crippen LogP contribution < -0.4 is 17.2 Å². The molecule has 6 nitrogen and oxygen atoms in total. The summed E-state index contributed by atoms with van der Waals surface area (Å²) >= 11 is 0. The molecule has 72 valence electrons. The van der Waals surface area contributed by atoms with Crippen molar-refractivity contribution in [3.05, 3.63) is 18.2 Å². The fourth-order valence-corrected chi connectivity index (χ4v) is 1.10. The summed E-state index contributed by atoms with van der Waals surface area (Å²) in [7, 11) is 0. The zero-order chi connectivity index (χ0) is 9.84. The Labute approximate surface area is 76.4 Å². The molecular formula is C7H14N6. The maximum Gasteiger partial charge on any atom is 0.188 e. The van der Waals surface area contributed by atoms with Crippen molar-refractivity contribution in [1.82, 2.24) is 9.55 Å². The molecule has 6 N–H and O–H groups in total. The molecule has 0 spiro atoms. The smallest absolute Gasteiger partial charge is 0.188 e. The van der Waals surface area contributed by atoms with Crippen LogP contribution in [0.2, 0.25) is 0 Å². The van der Waals surface area contributed by atoms with Gasteiger partial charge in [0.1, 0.15) is 12.0 Å². The number of nitrogens with zero attached hydrogens (tertiary/aromatic N) is 3. The van der Waals surface area contributed by atoms with E-state index in [4.69, 9.17) is 17.2 Å². The average Bonchev–Trinajstić information content (AvgIpc) is 2.47. The molecule has 1 rings (SSSR count). The van der Waals surface area contributed by atoms with E-state index in [9.17, 15) is 0 Å². The Morgan fingerprint density at radius 1 is 1.69 bits per heavy atom. The van der Waals surface area contributed by atoms with E-state index >= 15 is 0 Å². The van der Waals surface area contributed by atoms with Gasteiger partial charge < -0.3 is 21.8 Å². The largest absolute Gasteiger partial charge is 0.370 e. The van der Waals surface area contributed by atoms with E-state index in [-0.39, 0.29) is 12.1 Å². The van der Waals surface area contributed by atoms with Crippen molar-refractivity contribution in [3.8, 4) is 0 Å². The monoisotopic (exact) mass is 182 g/mol. The summed E-state index contributed by atoms with van der Waals surface area (Å²) in [4.78, 5) is 8.02. The molecule has 1 heterocycles. The maximum absolute atomic E-state index is 5.51. The maximum atomic E-state index is 5.51. The standard InChI is InChI=1S/C7H14N6/c1-5-11-2-3-13(5)6(4-8)12-7(9)10/h2-3,6H,4,8H2,1H3,(H4,9,10,12). The predicted molar refractivity (Wildman–Crippen MR) is 50.9 cm³/mol. The van der Waals surface area contributed by atoms with Gasteiger partial charge in [-0.3, -0.25) is 0 Å². The van der Waals surface area contributed by atoms with Crippen LogP contribution in [-0.4, -0.2) is 22.1 Å². The van der Waals surface area contributed by atoms with E-state index in [1.165, 1.54) is 0 Å². The Morgan fingerprint density at radius 3 is 2.77 bits per heavy atom. The summed E-state index contributed by atoms with van der Waals surface area (Å²) < 4.78 is 1.82. The van der Waals surface area contributed by atoms with Gasteiger partial charge in [0, 0.05) is 18.9 Å². The van der Waals surface area contributed by atoms with Gasteiger partial charge in [-0.05, 0) is 6.92 Å². The van der Waals surface area contributed by atoms with Gasteiger partial charge in [-0.2, -0.15) is 0 Å². The van der Waals surface area contributed by atoms with E-state index in [1.54, 1.807) is 12.4 Å². The fourth-order valence-electron chi connectivity index (χ4n) is 1.10. The molecule has 0 saturated carbocycles. The first-order valence-corrected chi connectivity index (χ1v) is 3.93. The van der Waals surface area contributed by atoms with Crippen LogP contribution >= 0.6 is 0 Å². The van der Waals surface area contributed by atoms with Crippen molar-refractivity contribution >= 4 is 5.96 Å². The first-order valence-electron chi connectivity index (χ1n) is 3.93. The highest BCUT2D eigenvalue weighted by molar-refractivity contribution is 5.75. The molecule has 0 aliphatic heterocycles. The third kappa shape index (κ3) is 2.19. The molecule has 0 aliphatic rings. The topological polar surface area (TPSA) is 108 Å². The lowest BCUT2D eigenvalue weighted by molar-refractivity contribution is 0.521. The number of aliphatic imine (C=N–C) groups is 1. The Balaban J connectivity index is 2.91. The molecule has 1 aromatic rings. The number of imidazole rings is 1. The Hall–Kier alpha value is -1.56. The normalized spacial score (nSPS) is 12.5. The second kappa shape index (κ2) is 3.90.